The number of nitrogens with zero attached hydrogens (tertiary/aromatic N) is 3. The number of amides is 1. The van der Waals surface area contributed by atoms with Gasteiger partial charge in [-0.25, -0.2) is 13.2 Å². The van der Waals surface area contributed by atoms with Crippen LogP contribution in [0.3, 0.4) is 0 Å². The van der Waals surface area contributed by atoms with Crippen molar-refractivity contribution in [3.8, 4) is 0 Å². The first-order valence-corrected chi connectivity index (χ1v) is 12.4. The van der Waals surface area contributed by atoms with Crippen LogP contribution in [-0.2, 0) is 12.8 Å². The first-order chi connectivity index (χ1) is 17.4. The molecule has 3 aromatic rings. The molecule has 1 amide bonds. The van der Waals surface area contributed by atoms with Crippen molar-refractivity contribution in [2.45, 2.75) is 31.8 Å². The van der Waals surface area contributed by atoms with Gasteiger partial charge < -0.3 is 15.3 Å². The Kier molecular flexibility index (Phi) is 7.11. The molecular formula is C27H29F3N4O2. The van der Waals surface area contributed by atoms with E-state index >= 15 is 0 Å². The lowest BCUT2D eigenvalue weighted by Gasteiger charge is -2.35. The van der Waals surface area contributed by atoms with Gasteiger partial charge >= 0.3 is 0 Å². The highest BCUT2D eigenvalue weighted by atomic mass is 19.2. The number of rotatable bonds is 6. The van der Waals surface area contributed by atoms with Crippen LogP contribution in [0.15, 0.2) is 36.4 Å². The SMILES string of the molecule is O=C(c1cc(F)c(F)cc1F)N1CCN(CC(O)CNc2c3c(nc4ccccc24)CCCC3)CC1. The number of β-amino-alcohol motifs (C(OH)–C–C–N with tert-alkyl or cyclic N) is 1. The minimum Gasteiger partial charge on any atom is -0.390 e. The van der Waals surface area contributed by atoms with Crippen molar-refractivity contribution >= 4 is 22.5 Å². The fourth-order valence-corrected chi connectivity index (χ4v) is 5.15. The number of aryl methyl sites for hydroxylation is 1. The molecule has 5 rings (SSSR count). The maximum absolute atomic E-state index is 14.0. The smallest absolute Gasteiger partial charge is 0.257 e. The third-order valence-corrected chi connectivity index (χ3v) is 7.05. The van der Waals surface area contributed by atoms with Crippen LogP contribution in [0, 0.1) is 17.5 Å². The number of carbonyl (C=O) groups excluding carboxylic acids is 1. The van der Waals surface area contributed by atoms with E-state index in [1.54, 1.807) is 0 Å². The van der Waals surface area contributed by atoms with E-state index in [1.165, 1.54) is 10.5 Å². The van der Waals surface area contributed by atoms with E-state index in [1.807, 2.05) is 23.1 Å². The highest BCUT2D eigenvalue weighted by Gasteiger charge is 2.26. The third-order valence-electron chi connectivity index (χ3n) is 7.05. The van der Waals surface area contributed by atoms with E-state index in [9.17, 15) is 23.1 Å². The Morgan fingerprint density at radius 2 is 1.72 bits per heavy atom. The monoisotopic (exact) mass is 498 g/mol. The van der Waals surface area contributed by atoms with Crippen LogP contribution in [0.5, 0.6) is 0 Å². The highest BCUT2D eigenvalue weighted by Crippen LogP contribution is 2.33. The van der Waals surface area contributed by atoms with Crippen LogP contribution in [0.2, 0.25) is 0 Å². The number of hydrogen-bond acceptors (Lipinski definition) is 5. The number of aliphatic hydroxyl groups excluding tert-OH is 1. The van der Waals surface area contributed by atoms with Crippen molar-refractivity contribution in [3.63, 3.8) is 0 Å². The molecule has 0 spiro atoms. The van der Waals surface area contributed by atoms with E-state index in [2.05, 4.69) is 11.4 Å². The topological polar surface area (TPSA) is 68.7 Å². The molecule has 1 unspecified atom stereocenters. The van der Waals surface area contributed by atoms with Crippen LogP contribution in [0.1, 0.15) is 34.5 Å². The van der Waals surface area contributed by atoms with Gasteiger partial charge in [0, 0.05) is 62.1 Å². The average molecular weight is 499 g/mol. The van der Waals surface area contributed by atoms with Crippen molar-refractivity contribution in [2.24, 2.45) is 0 Å². The average Bonchev–Trinajstić information content (AvgIpc) is 2.88. The van der Waals surface area contributed by atoms with Crippen molar-refractivity contribution in [2.75, 3.05) is 44.6 Å². The van der Waals surface area contributed by atoms with Crippen molar-refractivity contribution in [1.82, 2.24) is 14.8 Å². The summed E-state index contributed by atoms with van der Waals surface area (Å²) < 4.78 is 40.7. The van der Waals surface area contributed by atoms with Crippen LogP contribution >= 0.6 is 0 Å². The van der Waals surface area contributed by atoms with Gasteiger partial charge in [0.05, 0.1) is 17.2 Å². The first kappa shape index (κ1) is 24.5. The number of pyridine rings is 1. The number of para-hydroxylation sites is 1. The molecule has 1 aliphatic carbocycles. The Labute approximate surface area is 207 Å². The van der Waals surface area contributed by atoms with E-state index in [4.69, 9.17) is 4.98 Å². The Bertz CT molecular complexity index is 1280. The Morgan fingerprint density at radius 3 is 2.53 bits per heavy atom. The van der Waals surface area contributed by atoms with Crippen LogP contribution < -0.4 is 5.32 Å². The molecule has 0 bridgehead atoms. The number of fused-ring (bicyclic) bond motifs is 2. The molecule has 2 N–H and O–H groups in total. The summed E-state index contributed by atoms with van der Waals surface area (Å²) in [6.45, 7) is 2.38. The molecule has 1 aromatic heterocycles. The standard InChI is InChI=1S/C27H29F3N4O2/c28-21-14-23(30)22(29)13-20(21)27(36)34-11-9-33(10-12-34)16-17(35)15-31-26-18-5-1-3-7-24(18)32-25-8-4-2-6-19(25)26/h1,3,5,7,13-14,17,35H,2,4,6,8-12,15-16H2,(H,31,32). The molecule has 1 fully saturated rings. The maximum Gasteiger partial charge on any atom is 0.257 e. The van der Waals surface area contributed by atoms with Crippen molar-refractivity contribution in [1.29, 1.82) is 0 Å². The van der Waals surface area contributed by atoms with Gasteiger partial charge in [0.1, 0.15) is 5.82 Å². The van der Waals surface area contributed by atoms with Gasteiger partial charge in [0.15, 0.2) is 11.6 Å². The summed E-state index contributed by atoms with van der Waals surface area (Å²) in [5.41, 5.74) is 3.91. The second-order valence-electron chi connectivity index (χ2n) is 9.51. The number of piperazine rings is 1. The van der Waals surface area contributed by atoms with Crippen LogP contribution in [0.4, 0.5) is 18.9 Å². The predicted octanol–water partition coefficient (Wildman–Crippen LogP) is 3.76. The predicted molar refractivity (Wildman–Crippen MR) is 132 cm³/mol. The van der Waals surface area contributed by atoms with Crippen LogP contribution in [0.25, 0.3) is 10.9 Å². The normalized spacial score (nSPS) is 17.2. The minimum atomic E-state index is -1.32. The van der Waals surface area contributed by atoms with Gasteiger partial charge in [-0.1, -0.05) is 18.2 Å². The van der Waals surface area contributed by atoms with E-state index in [0.29, 0.717) is 51.4 Å². The number of anilines is 1. The van der Waals surface area contributed by atoms with Gasteiger partial charge in [-0.3, -0.25) is 14.7 Å². The zero-order valence-corrected chi connectivity index (χ0v) is 19.9. The molecule has 190 valence electrons. The Balaban J connectivity index is 1.18. The first-order valence-electron chi connectivity index (χ1n) is 12.4. The number of hydrogen-bond donors (Lipinski definition) is 2. The zero-order valence-electron chi connectivity index (χ0n) is 19.9. The molecule has 36 heavy (non-hydrogen) atoms. The number of aliphatic hydroxyl groups is 1. The lowest BCUT2D eigenvalue weighted by molar-refractivity contribution is 0.0542. The zero-order chi connectivity index (χ0) is 25.2. The van der Waals surface area contributed by atoms with Gasteiger partial charge in [0.2, 0.25) is 0 Å². The minimum absolute atomic E-state index is 0.305. The third kappa shape index (κ3) is 5.03. The lowest BCUT2D eigenvalue weighted by atomic mass is 9.92. The van der Waals surface area contributed by atoms with Gasteiger partial charge in [-0.15, -0.1) is 0 Å². The molecule has 0 saturated carbocycles. The molecule has 0 radical (unpaired) electrons. The van der Waals surface area contributed by atoms with Crippen molar-refractivity contribution < 1.29 is 23.1 Å². The summed E-state index contributed by atoms with van der Waals surface area (Å²) in [7, 11) is 0. The summed E-state index contributed by atoms with van der Waals surface area (Å²) in [4.78, 5) is 20.9. The van der Waals surface area contributed by atoms with E-state index in [-0.39, 0.29) is 0 Å². The summed E-state index contributed by atoms with van der Waals surface area (Å²) in [6.07, 6.45) is 3.57. The Hall–Kier alpha value is -3.17. The number of aromatic nitrogens is 1. The van der Waals surface area contributed by atoms with E-state index in [0.717, 1.165) is 48.0 Å². The molecule has 1 atom stereocenters. The quantitative estimate of drug-likeness (QED) is 0.507. The molecule has 1 aliphatic heterocycles. The van der Waals surface area contributed by atoms with Gasteiger partial charge in [0.25, 0.3) is 5.91 Å². The fraction of sp³-hybridized carbons (Fsp3) is 0.407. The number of halogens is 3. The molecule has 2 aliphatic rings. The number of carbonyl (C=O) groups is 1. The lowest BCUT2D eigenvalue weighted by Crippen LogP contribution is -2.51. The second kappa shape index (κ2) is 10.4. The van der Waals surface area contributed by atoms with E-state index < -0.39 is 35.0 Å². The summed E-state index contributed by atoms with van der Waals surface area (Å²) >= 11 is 0. The highest BCUT2D eigenvalue weighted by molar-refractivity contribution is 5.95. The molecule has 2 heterocycles. The van der Waals surface area contributed by atoms with Crippen LogP contribution in [-0.4, -0.2) is 71.2 Å². The molecule has 9 heteroatoms. The largest absolute Gasteiger partial charge is 0.390 e. The fourth-order valence-electron chi connectivity index (χ4n) is 5.15. The summed E-state index contributed by atoms with van der Waals surface area (Å²) in [5, 5.41) is 15.3. The molecule has 2 aromatic carbocycles. The summed E-state index contributed by atoms with van der Waals surface area (Å²) in [6, 6.07) is 9.04. The molecular weight excluding hydrogens is 469 g/mol. The van der Waals surface area contributed by atoms with Crippen molar-refractivity contribution in [3.05, 3.63) is 70.7 Å². The summed E-state index contributed by atoms with van der Waals surface area (Å²) in [5.74, 6) is -4.31. The van der Waals surface area contributed by atoms with Gasteiger partial charge in [-0.2, -0.15) is 0 Å². The maximum atomic E-state index is 14.0. The number of benzene rings is 2. The number of nitrogens with one attached hydrogen (secondary N) is 1. The van der Waals surface area contributed by atoms with Gasteiger partial charge in [-0.05, 0) is 43.4 Å². The Morgan fingerprint density at radius 1 is 1.00 bits per heavy atom. The molecule has 6 nitrogen and oxygen atoms in total. The second-order valence-corrected chi connectivity index (χ2v) is 9.51. The molecule has 1 saturated heterocycles.